The molecule has 3 amide bonds. The first-order valence-corrected chi connectivity index (χ1v) is 10.6. The van der Waals surface area contributed by atoms with Gasteiger partial charge < -0.3 is 10.8 Å². The van der Waals surface area contributed by atoms with Gasteiger partial charge in [-0.15, -0.1) is 0 Å². The summed E-state index contributed by atoms with van der Waals surface area (Å²) < 4.78 is -0.586. The average molecular weight is 451 g/mol. The van der Waals surface area contributed by atoms with E-state index in [9.17, 15) is 14.7 Å². The molecule has 2 aromatic carbocycles. The molecule has 1 unspecified atom stereocenters. The third-order valence-electron chi connectivity index (χ3n) is 5.80. The fraction of sp³-hybridized carbons (Fsp3) is 0.364. The SMILES string of the molecule is C[N+](C(N)=O)(C(=O)Cc1ccc(Cl)c(Cl)c1)[C@H](CN1CC[C@H](O)C1)c1ccccc1. The number of carbonyl (C=O) groups is 2. The molecule has 0 aliphatic carbocycles. The first-order valence-electron chi connectivity index (χ1n) is 9.80. The van der Waals surface area contributed by atoms with Crippen LogP contribution in [0.4, 0.5) is 4.79 Å². The zero-order valence-electron chi connectivity index (χ0n) is 16.8. The third kappa shape index (κ3) is 4.85. The highest BCUT2D eigenvalue weighted by atomic mass is 35.5. The molecule has 0 bridgehead atoms. The topological polar surface area (TPSA) is 83.6 Å². The lowest BCUT2D eigenvalue weighted by Gasteiger charge is -2.37. The van der Waals surface area contributed by atoms with E-state index in [4.69, 9.17) is 28.9 Å². The number of benzene rings is 2. The summed E-state index contributed by atoms with van der Waals surface area (Å²) >= 11 is 12.1. The normalized spacial score (nSPS) is 19.9. The van der Waals surface area contributed by atoms with Gasteiger partial charge in [0.2, 0.25) is 0 Å². The van der Waals surface area contributed by atoms with Crippen LogP contribution in [0.2, 0.25) is 10.0 Å². The molecule has 160 valence electrons. The minimum Gasteiger partial charge on any atom is -0.392 e. The molecule has 6 nitrogen and oxygen atoms in total. The predicted octanol–water partition coefficient (Wildman–Crippen LogP) is 3.40. The summed E-state index contributed by atoms with van der Waals surface area (Å²) in [5.74, 6) is -0.338. The number of rotatable bonds is 6. The number of aliphatic hydroxyl groups is 1. The van der Waals surface area contributed by atoms with Crippen LogP contribution in [0.15, 0.2) is 48.5 Å². The maximum absolute atomic E-state index is 13.5. The minimum absolute atomic E-state index is 0.0116. The predicted molar refractivity (Wildman–Crippen MR) is 117 cm³/mol. The van der Waals surface area contributed by atoms with Crippen molar-refractivity contribution in [3.63, 3.8) is 0 Å². The van der Waals surface area contributed by atoms with Crippen LogP contribution in [-0.2, 0) is 11.2 Å². The van der Waals surface area contributed by atoms with Crippen molar-refractivity contribution in [1.82, 2.24) is 4.90 Å². The number of carbonyl (C=O) groups excluding carboxylic acids is 2. The van der Waals surface area contributed by atoms with Gasteiger partial charge in [0.1, 0.15) is 6.04 Å². The fourth-order valence-corrected chi connectivity index (χ4v) is 4.22. The summed E-state index contributed by atoms with van der Waals surface area (Å²) in [7, 11) is 1.56. The van der Waals surface area contributed by atoms with E-state index in [1.807, 2.05) is 30.3 Å². The molecule has 0 saturated carbocycles. The number of hydrogen-bond donors (Lipinski definition) is 2. The molecule has 1 aliphatic heterocycles. The Morgan fingerprint density at radius 1 is 1.20 bits per heavy atom. The van der Waals surface area contributed by atoms with Gasteiger partial charge in [0.25, 0.3) is 0 Å². The van der Waals surface area contributed by atoms with Crippen LogP contribution in [0.1, 0.15) is 23.6 Å². The fourth-order valence-electron chi connectivity index (χ4n) is 3.90. The Kier molecular flexibility index (Phi) is 7.16. The van der Waals surface area contributed by atoms with Gasteiger partial charge in [-0.2, -0.15) is 4.48 Å². The van der Waals surface area contributed by atoms with Gasteiger partial charge in [-0.05, 0) is 24.1 Å². The molecule has 1 fully saturated rings. The Labute approximate surface area is 186 Å². The molecule has 1 heterocycles. The molecule has 0 aromatic heterocycles. The molecule has 3 atom stereocenters. The number of primary amides is 1. The minimum atomic E-state index is -0.728. The van der Waals surface area contributed by atoms with Gasteiger partial charge in [-0.3, -0.25) is 4.90 Å². The first-order chi connectivity index (χ1) is 14.2. The van der Waals surface area contributed by atoms with Crippen molar-refractivity contribution in [3.8, 4) is 0 Å². The van der Waals surface area contributed by atoms with E-state index in [2.05, 4.69) is 4.90 Å². The quantitative estimate of drug-likeness (QED) is 0.660. The lowest BCUT2D eigenvalue weighted by atomic mass is 10.0. The van der Waals surface area contributed by atoms with Crippen LogP contribution in [0.25, 0.3) is 0 Å². The van der Waals surface area contributed by atoms with Gasteiger partial charge in [0.15, 0.2) is 0 Å². The van der Waals surface area contributed by atoms with Crippen molar-refractivity contribution in [2.75, 3.05) is 26.7 Å². The zero-order valence-corrected chi connectivity index (χ0v) is 18.3. The van der Waals surface area contributed by atoms with Crippen molar-refractivity contribution in [1.29, 1.82) is 0 Å². The number of likely N-dealkylation sites (tertiary alicyclic amines) is 1. The molecule has 3 rings (SSSR count). The van der Waals surface area contributed by atoms with Gasteiger partial charge >= 0.3 is 11.9 Å². The molecule has 1 saturated heterocycles. The number of quaternary nitrogens is 1. The highest BCUT2D eigenvalue weighted by Crippen LogP contribution is 2.31. The first kappa shape index (κ1) is 22.7. The summed E-state index contributed by atoms with van der Waals surface area (Å²) in [6.45, 7) is 1.63. The molecule has 30 heavy (non-hydrogen) atoms. The second kappa shape index (κ2) is 9.45. The van der Waals surface area contributed by atoms with Crippen molar-refractivity contribution in [2.45, 2.75) is 25.0 Å². The molecular formula is C22H26Cl2N3O3+. The molecular weight excluding hydrogens is 425 g/mol. The van der Waals surface area contributed by atoms with Crippen molar-refractivity contribution >= 4 is 35.1 Å². The Morgan fingerprint density at radius 3 is 2.47 bits per heavy atom. The number of hydrogen-bond acceptors (Lipinski definition) is 4. The average Bonchev–Trinajstić information content (AvgIpc) is 3.13. The van der Waals surface area contributed by atoms with Crippen LogP contribution >= 0.6 is 23.2 Å². The summed E-state index contributed by atoms with van der Waals surface area (Å²) in [6.07, 6.45) is 0.252. The number of halogens is 2. The summed E-state index contributed by atoms with van der Waals surface area (Å²) in [4.78, 5) is 28.2. The molecule has 0 spiro atoms. The molecule has 0 radical (unpaired) electrons. The number of amides is 3. The summed E-state index contributed by atoms with van der Waals surface area (Å²) in [5.41, 5.74) is 7.31. The van der Waals surface area contributed by atoms with Crippen molar-refractivity contribution < 1.29 is 19.2 Å². The lowest BCUT2D eigenvalue weighted by molar-refractivity contribution is -0.785. The zero-order chi connectivity index (χ0) is 21.9. The number of urea groups is 1. The van der Waals surface area contributed by atoms with E-state index in [1.165, 1.54) is 0 Å². The third-order valence-corrected chi connectivity index (χ3v) is 6.54. The molecule has 3 N–H and O–H groups in total. The maximum atomic E-state index is 13.5. The highest BCUT2D eigenvalue weighted by Gasteiger charge is 2.47. The Hall–Kier alpha value is -1.96. The summed E-state index contributed by atoms with van der Waals surface area (Å²) in [5, 5.41) is 10.7. The van der Waals surface area contributed by atoms with E-state index in [0.717, 1.165) is 5.56 Å². The number of imide groups is 1. The van der Waals surface area contributed by atoms with Crippen LogP contribution < -0.4 is 5.73 Å². The van der Waals surface area contributed by atoms with E-state index < -0.39 is 22.7 Å². The second-order valence-electron chi connectivity index (χ2n) is 7.86. The largest absolute Gasteiger partial charge is 0.421 e. The molecule has 8 heteroatoms. The Bertz CT molecular complexity index is 925. The van der Waals surface area contributed by atoms with Crippen LogP contribution in [0, 0.1) is 0 Å². The number of β-amino-alcohol motifs (C(OH)–C–C–N with tert-alkyl or cyclic N) is 1. The van der Waals surface area contributed by atoms with Gasteiger partial charge in [0.05, 0.1) is 36.2 Å². The van der Waals surface area contributed by atoms with Crippen LogP contribution in [-0.4, -0.2) is 59.2 Å². The summed E-state index contributed by atoms with van der Waals surface area (Å²) in [6, 6.07) is 13.1. The molecule has 1 aliphatic rings. The highest BCUT2D eigenvalue weighted by molar-refractivity contribution is 6.42. The van der Waals surface area contributed by atoms with E-state index >= 15 is 0 Å². The number of nitrogens with two attached hydrogens (primary N) is 1. The standard InChI is InChI=1S/C22H25Cl2N3O3/c1-27(22(25)30,21(29)12-15-7-8-18(23)19(24)11-15)20(16-5-3-2-4-6-16)14-26-10-9-17(28)13-26/h2-8,11,17,20,28H,9-10,12-14H2,1H3,(H-,25,30)/p+1/t17-,20+,27?/m0/s1. The van der Waals surface area contributed by atoms with Crippen molar-refractivity contribution in [2.24, 2.45) is 5.73 Å². The number of likely N-dealkylation sites (N-methyl/N-ethyl adjacent to an activating group) is 1. The van der Waals surface area contributed by atoms with E-state index in [0.29, 0.717) is 41.7 Å². The van der Waals surface area contributed by atoms with Crippen molar-refractivity contribution in [3.05, 3.63) is 69.7 Å². The Balaban J connectivity index is 1.95. The van der Waals surface area contributed by atoms with Gasteiger partial charge in [0, 0.05) is 18.7 Å². The maximum Gasteiger partial charge on any atom is 0.421 e. The number of aliphatic hydroxyl groups excluding tert-OH is 1. The van der Waals surface area contributed by atoms with Crippen LogP contribution in [0.3, 0.4) is 0 Å². The van der Waals surface area contributed by atoms with E-state index in [-0.39, 0.29) is 12.3 Å². The Morgan fingerprint density at radius 2 is 1.90 bits per heavy atom. The second-order valence-corrected chi connectivity index (χ2v) is 8.68. The van der Waals surface area contributed by atoms with Gasteiger partial charge in [-0.1, -0.05) is 59.6 Å². The molecule has 2 aromatic rings. The smallest absolute Gasteiger partial charge is 0.392 e. The number of nitrogens with zero attached hydrogens (tertiary/aromatic N) is 2. The van der Waals surface area contributed by atoms with Gasteiger partial charge in [-0.25, -0.2) is 9.59 Å². The lowest BCUT2D eigenvalue weighted by Crippen LogP contribution is -2.61. The monoisotopic (exact) mass is 450 g/mol. The van der Waals surface area contributed by atoms with Crippen LogP contribution in [0.5, 0.6) is 0 Å². The van der Waals surface area contributed by atoms with E-state index in [1.54, 1.807) is 25.2 Å².